The van der Waals surface area contributed by atoms with Crippen molar-refractivity contribution in [3.8, 4) is 5.75 Å². The van der Waals surface area contributed by atoms with E-state index in [-0.39, 0.29) is 10.6 Å². The highest BCUT2D eigenvalue weighted by molar-refractivity contribution is 7.89. The summed E-state index contributed by atoms with van der Waals surface area (Å²) in [5.74, 6) is 0.197. The number of benzene rings is 3. The predicted molar refractivity (Wildman–Crippen MR) is 113 cm³/mol. The van der Waals surface area contributed by atoms with Gasteiger partial charge in [0, 0.05) is 23.9 Å². The van der Waals surface area contributed by atoms with Gasteiger partial charge < -0.3 is 5.11 Å². The Kier molecular flexibility index (Phi) is 5.60. The van der Waals surface area contributed by atoms with Gasteiger partial charge in [0.15, 0.2) is 0 Å². The largest absolute Gasteiger partial charge is 0.507 e. The Morgan fingerprint density at radius 3 is 2.10 bits per heavy atom. The first-order chi connectivity index (χ1) is 14.1. The number of aromatic hydroxyl groups is 1. The molecule has 6 nitrogen and oxygen atoms in total. The Hall–Kier alpha value is -2.77. The first-order valence-electron chi connectivity index (χ1n) is 9.78. The van der Waals surface area contributed by atoms with Gasteiger partial charge in [0.1, 0.15) is 5.75 Å². The zero-order valence-electron chi connectivity index (χ0n) is 16.0. The number of sulfonamides is 1. The number of hydrogen-bond acceptors (Lipinski definition) is 5. The van der Waals surface area contributed by atoms with Crippen molar-refractivity contribution in [2.24, 2.45) is 10.2 Å². The highest BCUT2D eigenvalue weighted by atomic mass is 32.2. The quantitative estimate of drug-likeness (QED) is 0.576. The van der Waals surface area contributed by atoms with Crippen LogP contribution in [0.25, 0.3) is 10.8 Å². The van der Waals surface area contributed by atoms with Gasteiger partial charge in [0.25, 0.3) is 0 Å². The number of hydrogen-bond donors (Lipinski definition) is 1. The predicted octanol–water partition coefficient (Wildman–Crippen LogP) is 5.53. The molecule has 1 heterocycles. The Morgan fingerprint density at radius 1 is 0.759 bits per heavy atom. The van der Waals surface area contributed by atoms with Crippen molar-refractivity contribution in [3.63, 3.8) is 0 Å². The third-order valence-electron chi connectivity index (χ3n) is 5.19. The Morgan fingerprint density at radius 2 is 1.41 bits per heavy atom. The fourth-order valence-electron chi connectivity index (χ4n) is 3.58. The summed E-state index contributed by atoms with van der Waals surface area (Å²) in [6.45, 7) is 1.16. The fraction of sp³-hybridized carbons (Fsp3) is 0.273. The maximum Gasteiger partial charge on any atom is 0.243 e. The molecule has 150 valence electrons. The Bertz CT molecular complexity index is 1130. The fourth-order valence-corrected chi connectivity index (χ4v) is 5.10. The molecule has 0 spiro atoms. The standard InChI is InChI=1S/C22H23N3O3S/c26-22-14-13-21(19-7-3-4-8-20(19)22)24-23-17-9-11-18(12-10-17)29(27,28)25-15-5-1-2-6-16-25/h3-4,7-14,26H,1-2,5-6,15-16H2. The molecule has 0 radical (unpaired) electrons. The van der Waals surface area contributed by atoms with Crippen LogP contribution >= 0.6 is 0 Å². The molecule has 0 unspecified atom stereocenters. The minimum atomic E-state index is -3.47. The van der Waals surface area contributed by atoms with Crippen LogP contribution in [0, 0.1) is 0 Å². The molecule has 0 atom stereocenters. The zero-order chi connectivity index (χ0) is 20.3. The van der Waals surface area contributed by atoms with Crippen LogP contribution < -0.4 is 0 Å². The van der Waals surface area contributed by atoms with Crippen LogP contribution in [0.5, 0.6) is 5.75 Å². The van der Waals surface area contributed by atoms with E-state index in [4.69, 9.17) is 0 Å². The van der Waals surface area contributed by atoms with Crippen molar-refractivity contribution in [2.45, 2.75) is 30.6 Å². The summed E-state index contributed by atoms with van der Waals surface area (Å²) in [5.41, 5.74) is 1.21. The highest BCUT2D eigenvalue weighted by Gasteiger charge is 2.24. The third kappa shape index (κ3) is 4.16. The molecule has 7 heteroatoms. The van der Waals surface area contributed by atoms with Gasteiger partial charge in [-0.05, 0) is 49.2 Å². The maximum absolute atomic E-state index is 12.9. The van der Waals surface area contributed by atoms with E-state index in [1.165, 1.54) is 0 Å². The molecular formula is C22H23N3O3S. The van der Waals surface area contributed by atoms with Crippen molar-refractivity contribution in [1.82, 2.24) is 4.31 Å². The van der Waals surface area contributed by atoms with E-state index in [2.05, 4.69) is 10.2 Å². The molecule has 4 rings (SSSR count). The summed E-state index contributed by atoms with van der Waals surface area (Å²) in [6, 6.07) is 17.2. The normalized spacial score (nSPS) is 16.3. The van der Waals surface area contributed by atoms with E-state index >= 15 is 0 Å². The van der Waals surface area contributed by atoms with Crippen LogP contribution in [0.1, 0.15) is 25.7 Å². The van der Waals surface area contributed by atoms with Crippen LogP contribution in [0.2, 0.25) is 0 Å². The van der Waals surface area contributed by atoms with Gasteiger partial charge in [-0.15, -0.1) is 5.11 Å². The van der Waals surface area contributed by atoms with E-state index < -0.39 is 10.0 Å². The third-order valence-corrected chi connectivity index (χ3v) is 7.10. The van der Waals surface area contributed by atoms with Crippen molar-refractivity contribution in [1.29, 1.82) is 0 Å². The topological polar surface area (TPSA) is 82.3 Å². The highest BCUT2D eigenvalue weighted by Crippen LogP contribution is 2.33. The van der Waals surface area contributed by atoms with Crippen LogP contribution in [0.4, 0.5) is 11.4 Å². The molecule has 0 amide bonds. The molecule has 0 saturated carbocycles. The van der Waals surface area contributed by atoms with Crippen LogP contribution in [-0.2, 0) is 10.0 Å². The van der Waals surface area contributed by atoms with Crippen molar-refractivity contribution >= 4 is 32.2 Å². The van der Waals surface area contributed by atoms with E-state index in [9.17, 15) is 13.5 Å². The number of phenolic OH excluding ortho intramolecular Hbond substituents is 1. The SMILES string of the molecule is O=S(=O)(c1ccc(N=Nc2ccc(O)c3ccccc23)cc1)N1CCCCCC1. The summed E-state index contributed by atoms with van der Waals surface area (Å²) in [6.07, 6.45) is 3.98. The Labute approximate surface area is 170 Å². The minimum absolute atomic E-state index is 0.197. The lowest BCUT2D eigenvalue weighted by Gasteiger charge is -2.19. The second-order valence-electron chi connectivity index (χ2n) is 7.16. The monoisotopic (exact) mass is 409 g/mol. The number of rotatable bonds is 4. The van der Waals surface area contributed by atoms with Gasteiger partial charge in [-0.25, -0.2) is 8.42 Å². The molecule has 1 aliphatic rings. The lowest BCUT2D eigenvalue weighted by atomic mass is 10.1. The number of phenols is 1. The zero-order valence-corrected chi connectivity index (χ0v) is 16.8. The molecule has 1 fully saturated rings. The first kappa shape index (κ1) is 19.5. The molecule has 1 saturated heterocycles. The van der Waals surface area contributed by atoms with Gasteiger partial charge in [-0.2, -0.15) is 9.42 Å². The smallest absolute Gasteiger partial charge is 0.243 e. The van der Waals surface area contributed by atoms with Crippen molar-refractivity contribution in [2.75, 3.05) is 13.1 Å². The molecule has 3 aromatic carbocycles. The van der Waals surface area contributed by atoms with E-state index in [1.54, 1.807) is 40.7 Å². The Balaban J connectivity index is 1.57. The summed E-state index contributed by atoms with van der Waals surface area (Å²) in [5, 5.41) is 20.0. The van der Waals surface area contributed by atoms with Gasteiger partial charge in [-0.3, -0.25) is 0 Å². The minimum Gasteiger partial charge on any atom is -0.507 e. The molecule has 0 aromatic heterocycles. The summed E-state index contributed by atoms with van der Waals surface area (Å²) < 4.78 is 27.3. The molecular weight excluding hydrogens is 386 g/mol. The number of azo groups is 1. The summed E-state index contributed by atoms with van der Waals surface area (Å²) >= 11 is 0. The van der Waals surface area contributed by atoms with E-state index in [1.807, 2.05) is 24.3 Å². The lowest BCUT2D eigenvalue weighted by molar-refractivity contribution is 0.424. The van der Waals surface area contributed by atoms with Crippen LogP contribution in [0.3, 0.4) is 0 Å². The van der Waals surface area contributed by atoms with Crippen LogP contribution in [-0.4, -0.2) is 30.9 Å². The van der Waals surface area contributed by atoms with E-state index in [0.29, 0.717) is 29.9 Å². The average molecular weight is 410 g/mol. The lowest BCUT2D eigenvalue weighted by Crippen LogP contribution is -2.31. The van der Waals surface area contributed by atoms with Crippen molar-refractivity contribution in [3.05, 3.63) is 60.7 Å². The molecule has 0 aliphatic carbocycles. The van der Waals surface area contributed by atoms with Gasteiger partial charge in [0.05, 0.1) is 16.3 Å². The van der Waals surface area contributed by atoms with Gasteiger partial charge in [-0.1, -0.05) is 37.1 Å². The maximum atomic E-state index is 12.9. The second-order valence-corrected chi connectivity index (χ2v) is 9.10. The molecule has 29 heavy (non-hydrogen) atoms. The van der Waals surface area contributed by atoms with Gasteiger partial charge >= 0.3 is 0 Å². The van der Waals surface area contributed by atoms with Gasteiger partial charge in [0.2, 0.25) is 10.0 Å². The summed E-state index contributed by atoms with van der Waals surface area (Å²) in [4.78, 5) is 0.286. The second kappa shape index (κ2) is 8.31. The first-order valence-corrected chi connectivity index (χ1v) is 11.2. The molecule has 1 aliphatic heterocycles. The molecule has 1 N–H and O–H groups in total. The van der Waals surface area contributed by atoms with Crippen molar-refractivity contribution < 1.29 is 13.5 Å². The number of nitrogens with zero attached hydrogens (tertiary/aromatic N) is 3. The van der Waals surface area contributed by atoms with E-state index in [0.717, 1.165) is 31.1 Å². The number of fused-ring (bicyclic) bond motifs is 1. The molecule has 3 aromatic rings. The molecule has 0 bridgehead atoms. The average Bonchev–Trinajstić information content (AvgIpc) is 3.04. The van der Waals surface area contributed by atoms with Crippen LogP contribution in [0.15, 0.2) is 75.8 Å². The summed E-state index contributed by atoms with van der Waals surface area (Å²) in [7, 11) is -3.47.